The van der Waals surface area contributed by atoms with Gasteiger partial charge in [-0.3, -0.25) is 0 Å². The van der Waals surface area contributed by atoms with Crippen molar-refractivity contribution in [1.29, 1.82) is 0 Å². The van der Waals surface area contributed by atoms with Gasteiger partial charge >= 0.3 is 5.97 Å². The molecule has 23 heavy (non-hydrogen) atoms. The Kier molecular flexibility index (Phi) is 5.23. The number of ether oxygens (including phenoxy) is 1. The number of aromatic nitrogens is 2. The van der Waals surface area contributed by atoms with Crippen LogP contribution in [0.2, 0.25) is 0 Å². The zero-order valence-electron chi connectivity index (χ0n) is 13.8. The number of benzene rings is 1. The lowest BCUT2D eigenvalue weighted by Gasteiger charge is -2.26. The van der Waals surface area contributed by atoms with E-state index >= 15 is 0 Å². The van der Waals surface area contributed by atoms with Crippen LogP contribution in [0, 0.1) is 12.3 Å². The van der Waals surface area contributed by atoms with Crippen LogP contribution in [0.3, 0.4) is 0 Å². The SMILES string of the molecule is C#CC(CC)(CC)OC(=O)c1cncn1C(C)c1ccccc1. The van der Waals surface area contributed by atoms with Crippen LogP contribution in [-0.2, 0) is 4.74 Å². The molecule has 4 heteroatoms. The number of carbonyl (C=O) groups is 1. The highest BCUT2D eigenvalue weighted by Crippen LogP contribution is 2.24. The van der Waals surface area contributed by atoms with E-state index in [-0.39, 0.29) is 6.04 Å². The normalized spacial score (nSPS) is 12.4. The molecular weight excluding hydrogens is 288 g/mol. The minimum atomic E-state index is -0.859. The lowest BCUT2D eigenvalue weighted by Crippen LogP contribution is -2.33. The minimum absolute atomic E-state index is 0.0234. The van der Waals surface area contributed by atoms with Crippen molar-refractivity contribution in [3.8, 4) is 12.3 Å². The van der Waals surface area contributed by atoms with Gasteiger partial charge < -0.3 is 9.30 Å². The second-order valence-corrected chi connectivity index (χ2v) is 5.51. The number of terminal acetylenes is 1. The third kappa shape index (κ3) is 3.45. The van der Waals surface area contributed by atoms with Crippen molar-refractivity contribution in [3.63, 3.8) is 0 Å². The standard InChI is InChI=1S/C19H22N2O2/c1-5-19(6-2,7-3)23-18(22)17-13-20-14-21(17)15(4)16-11-9-8-10-12-16/h1,8-15H,6-7H2,2-4H3. The summed E-state index contributed by atoms with van der Waals surface area (Å²) in [5, 5.41) is 0. The van der Waals surface area contributed by atoms with Gasteiger partial charge in [-0.2, -0.15) is 0 Å². The maximum atomic E-state index is 12.6. The zero-order valence-corrected chi connectivity index (χ0v) is 13.8. The number of nitrogens with zero attached hydrogens (tertiary/aromatic N) is 2. The fourth-order valence-corrected chi connectivity index (χ4v) is 2.52. The second-order valence-electron chi connectivity index (χ2n) is 5.51. The third-order valence-corrected chi connectivity index (χ3v) is 4.27. The van der Waals surface area contributed by atoms with Gasteiger partial charge in [-0.1, -0.05) is 50.1 Å². The molecule has 1 heterocycles. The van der Waals surface area contributed by atoms with Crippen LogP contribution in [0.25, 0.3) is 0 Å². The Morgan fingerprint density at radius 2 is 2.00 bits per heavy atom. The second kappa shape index (κ2) is 7.15. The van der Waals surface area contributed by atoms with Crippen LogP contribution in [0.15, 0.2) is 42.9 Å². The number of imidazole rings is 1. The van der Waals surface area contributed by atoms with E-state index in [2.05, 4.69) is 10.9 Å². The van der Waals surface area contributed by atoms with Crippen molar-refractivity contribution in [2.24, 2.45) is 0 Å². The summed E-state index contributed by atoms with van der Waals surface area (Å²) in [4.78, 5) is 16.7. The fourth-order valence-electron chi connectivity index (χ4n) is 2.52. The van der Waals surface area contributed by atoms with Crippen LogP contribution >= 0.6 is 0 Å². The molecule has 0 aliphatic carbocycles. The van der Waals surface area contributed by atoms with Crippen LogP contribution in [0.4, 0.5) is 0 Å². The van der Waals surface area contributed by atoms with Gasteiger partial charge in [0.2, 0.25) is 0 Å². The van der Waals surface area contributed by atoms with Gasteiger partial charge in [0.15, 0.2) is 5.60 Å². The van der Waals surface area contributed by atoms with E-state index in [9.17, 15) is 4.79 Å². The van der Waals surface area contributed by atoms with Crippen molar-refractivity contribution < 1.29 is 9.53 Å². The van der Waals surface area contributed by atoms with Crippen LogP contribution in [-0.4, -0.2) is 21.1 Å². The zero-order chi connectivity index (χ0) is 16.9. The molecule has 0 saturated carbocycles. The van der Waals surface area contributed by atoms with Gasteiger partial charge in [0.25, 0.3) is 0 Å². The Hall–Kier alpha value is -2.54. The van der Waals surface area contributed by atoms with Crippen molar-refractivity contribution in [2.45, 2.75) is 45.3 Å². The molecular formula is C19H22N2O2. The van der Waals surface area contributed by atoms with Crippen molar-refractivity contribution in [3.05, 3.63) is 54.1 Å². The van der Waals surface area contributed by atoms with Gasteiger partial charge in [0, 0.05) is 0 Å². The van der Waals surface area contributed by atoms with E-state index in [1.165, 1.54) is 6.20 Å². The highest BCUT2D eigenvalue weighted by atomic mass is 16.6. The Morgan fingerprint density at radius 1 is 1.35 bits per heavy atom. The Morgan fingerprint density at radius 3 is 2.57 bits per heavy atom. The van der Waals surface area contributed by atoms with Gasteiger partial charge in [0.1, 0.15) is 5.69 Å². The molecule has 4 nitrogen and oxygen atoms in total. The van der Waals surface area contributed by atoms with Crippen molar-refractivity contribution in [1.82, 2.24) is 9.55 Å². The summed E-state index contributed by atoms with van der Waals surface area (Å²) in [5.41, 5.74) is 0.638. The van der Waals surface area contributed by atoms with Crippen LogP contribution in [0.1, 0.15) is 55.7 Å². The molecule has 1 unspecified atom stereocenters. The minimum Gasteiger partial charge on any atom is -0.441 e. The van der Waals surface area contributed by atoms with Crippen molar-refractivity contribution >= 4 is 5.97 Å². The molecule has 0 aliphatic rings. The fraction of sp³-hybridized carbons (Fsp3) is 0.368. The van der Waals surface area contributed by atoms with Crippen LogP contribution < -0.4 is 0 Å². The number of hydrogen-bond donors (Lipinski definition) is 0. The first-order valence-corrected chi connectivity index (χ1v) is 7.84. The highest BCUT2D eigenvalue weighted by molar-refractivity contribution is 5.88. The summed E-state index contributed by atoms with van der Waals surface area (Å²) < 4.78 is 7.43. The van der Waals surface area contributed by atoms with E-state index in [1.807, 2.05) is 55.7 Å². The molecule has 0 saturated heterocycles. The molecule has 0 N–H and O–H groups in total. The average molecular weight is 310 g/mol. The first-order valence-electron chi connectivity index (χ1n) is 7.84. The maximum absolute atomic E-state index is 12.6. The Bertz CT molecular complexity index is 694. The van der Waals surface area contributed by atoms with Gasteiger partial charge in [-0.15, -0.1) is 6.42 Å². The molecule has 2 aromatic rings. The molecule has 0 bridgehead atoms. The number of carbonyl (C=O) groups excluding carboxylic acids is 1. The molecule has 0 spiro atoms. The molecule has 2 rings (SSSR count). The topological polar surface area (TPSA) is 44.1 Å². The van der Waals surface area contributed by atoms with Gasteiger partial charge in [-0.25, -0.2) is 9.78 Å². The number of rotatable bonds is 6. The Labute approximate surface area is 137 Å². The molecule has 0 radical (unpaired) electrons. The molecule has 1 aromatic heterocycles. The molecule has 0 fully saturated rings. The average Bonchev–Trinajstić information content (AvgIpc) is 3.09. The molecule has 0 amide bonds. The van der Waals surface area contributed by atoms with E-state index in [1.54, 1.807) is 6.33 Å². The maximum Gasteiger partial charge on any atom is 0.358 e. The van der Waals surface area contributed by atoms with Gasteiger partial charge in [-0.05, 0) is 25.3 Å². The first-order chi connectivity index (χ1) is 11.1. The van der Waals surface area contributed by atoms with Crippen molar-refractivity contribution in [2.75, 3.05) is 0 Å². The third-order valence-electron chi connectivity index (χ3n) is 4.27. The number of hydrogen-bond acceptors (Lipinski definition) is 3. The molecule has 1 atom stereocenters. The first kappa shape index (κ1) is 16.8. The monoisotopic (exact) mass is 310 g/mol. The van der Waals surface area contributed by atoms with E-state index in [0.717, 1.165) is 5.56 Å². The largest absolute Gasteiger partial charge is 0.441 e. The molecule has 1 aromatic carbocycles. The number of esters is 1. The predicted octanol–water partition coefficient (Wildman–Crippen LogP) is 3.84. The smallest absolute Gasteiger partial charge is 0.358 e. The van der Waals surface area contributed by atoms with E-state index < -0.39 is 11.6 Å². The summed E-state index contributed by atoms with van der Waals surface area (Å²) in [5.74, 6) is 2.18. The summed E-state index contributed by atoms with van der Waals surface area (Å²) in [7, 11) is 0. The lowest BCUT2D eigenvalue weighted by molar-refractivity contribution is 0.00361. The lowest BCUT2D eigenvalue weighted by atomic mass is 9.98. The molecule has 0 aliphatic heterocycles. The summed E-state index contributed by atoms with van der Waals surface area (Å²) in [6.07, 6.45) is 9.89. The summed E-state index contributed by atoms with van der Waals surface area (Å²) >= 11 is 0. The Balaban J connectivity index is 2.28. The highest BCUT2D eigenvalue weighted by Gasteiger charge is 2.30. The summed E-state index contributed by atoms with van der Waals surface area (Å²) in [6, 6.07) is 9.91. The van der Waals surface area contributed by atoms with Crippen LogP contribution in [0.5, 0.6) is 0 Å². The van der Waals surface area contributed by atoms with E-state index in [0.29, 0.717) is 18.5 Å². The quantitative estimate of drug-likeness (QED) is 0.601. The van der Waals surface area contributed by atoms with E-state index in [4.69, 9.17) is 11.2 Å². The van der Waals surface area contributed by atoms with Gasteiger partial charge in [0.05, 0.1) is 18.6 Å². The molecule has 120 valence electrons. The predicted molar refractivity (Wildman–Crippen MR) is 90.0 cm³/mol. The summed E-state index contributed by atoms with van der Waals surface area (Å²) in [6.45, 7) is 5.85.